The van der Waals surface area contributed by atoms with Gasteiger partial charge in [0.25, 0.3) is 5.91 Å². The van der Waals surface area contributed by atoms with Crippen molar-refractivity contribution in [2.45, 2.75) is 6.54 Å². The van der Waals surface area contributed by atoms with E-state index in [9.17, 15) is 22.7 Å². The molecule has 2 aromatic carbocycles. The van der Waals surface area contributed by atoms with Gasteiger partial charge in [0.15, 0.2) is 5.82 Å². The van der Waals surface area contributed by atoms with Crippen LogP contribution in [0.1, 0.15) is 5.56 Å². The minimum absolute atomic E-state index is 0.145. The molecule has 154 valence electrons. The lowest BCUT2D eigenvalue weighted by molar-refractivity contribution is -0.117. The first-order valence-electron chi connectivity index (χ1n) is 8.93. The first-order valence-corrected chi connectivity index (χ1v) is 10.4. The molecule has 30 heavy (non-hydrogen) atoms. The Morgan fingerprint density at radius 3 is 2.50 bits per heavy atom. The van der Waals surface area contributed by atoms with Crippen LogP contribution in [0.3, 0.4) is 0 Å². The van der Waals surface area contributed by atoms with Crippen molar-refractivity contribution in [2.75, 3.05) is 16.2 Å². The van der Waals surface area contributed by atoms with Gasteiger partial charge in [-0.05, 0) is 35.4 Å². The Balaban J connectivity index is 1.49. The highest BCUT2D eigenvalue weighted by atomic mass is 32.2. The molecule has 1 fully saturated rings. The van der Waals surface area contributed by atoms with Crippen LogP contribution in [-0.4, -0.2) is 31.0 Å². The lowest BCUT2D eigenvalue weighted by Gasteiger charge is -2.18. The third-order valence-corrected chi connectivity index (χ3v) is 5.89. The molecule has 1 saturated heterocycles. The van der Waals surface area contributed by atoms with Gasteiger partial charge in [0.2, 0.25) is 0 Å². The van der Waals surface area contributed by atoms with Gasteiger partial charge in [0.1, 0.15) is 23.8 Å². The summed E-state index contributed by atoms with van der Waals surface area (Å²) in [6, 6.07) is 15.8. The topological polar surface area (TPSA) is 112 Å². The number of phenolic OH excluding ortho intramolecular Hbond substituents is 1. The minimum atomic E-state index is -4.22. The highest BCUT2D eigenvalue weighted by Gasteiger charge is 2.37. The average molecular weight is 428 g/mol. The molecular formula is C20H17FN4O4S. The van der Waals surface area contributed by atoms with Crippen LogP contribution in [0.5, 0.6) is 5.75 Å². The Kier molecular flexibility index (Phi) is 5.00. The molecular weight excluding hydrogens is 411 g/mol. The third kappa shape index (κ3) is 3.90. The fraction of sp³-hybridized carbons (Fsp3) is 0.100. The summed E-state index contributed by atoms with van der Waals surface area (Å²) in [5.74, 6) is -1.79. The van der Waals surface area contributed by atoms with Crippen LogP contribution in [-0.2, 0) is 21.5 Å². The summed E-state index contributed by atoms with van der Waals surface area (Å²) in [6.07, 6.45) is 1.71. The summed E-state index contributed by atoms with van der Waals surface area (Å²) in [4.78, 5) is 15.7. The van der Waals surface area contributed by atoms with Gasteiger partial charge in [0, 0.05) is 18.3 Å². The number of nitrogens with one attached hydrogen (secondary N) is 2. The van der Waals surface area contributed by atoms with Crippen LogP contribution in [0.25, 0.3) is 11.1 Å². The van der Waals surface area contributed by atoms with Crippen molar-refractivity contribution in [3.63, 3.8) is 0 Å². The number of aromatic hydroxyl groups is 1. The lowest BCUT2D eigenvalue weighted by atomic mass is 10.1. The zero-order valence-electron chi connectivity index (χ0n) is 15.5. The fourth-order valence-corrected chi connectivity index (χ4v) is 4.30. The number of halogens is 1. The second-order valence-corrected chi connectivity index (χ2v) is 8.23. The molecule has 1 aliphatic heterocycles. The summed E-state index contributed by atoms with van der Waals surface area (Å²) in [6.45, 7) is -0.450. The molecule has 4 rings (SSSR count). The van der Waals surface area contributed by atoms with Gasteiger partial charge in [-0.1, -0.05) is 30.3 Å². The Hall–Kier alpha value is -3.66. The summed E-state index contributed by atoms with van der Waals surface area (Å²) < 4.78 is 40.6. The van der Waals surface area contributed by atoms with Crippen molar-refractivity contribution in [2.24, 2.45) is 0 Å². The molecule has 0 aliphatic carbocycles. The number of anilines is 2. The van der Waals surface area contributed by atoms with E-state index in [2.05, 4.69) is 10.3 Å². The molecule has 0 saturated carbocycles. The summed E-state index contributed by atoms with van der Waals surface area (Å²) in [5, 5.41) is 13.2. The molecule has 0 spiro atoms. The molecule has 1 amide bonds. The van der Waals surface area contributed by atoms with Crippen LogP contribution < -0.4 is 14.3 Å². The number of phenols is 1. The maximum atomic E-state index is 14.6. The second kappa shape index (κ2) is 7.64. The Morgan fingerprint density at radius 1 is 1.13 bits per heavy atom. The molecule has 2 heterocycles. The van der Waals surface area contributed by atoms with E-state index >= 15 is 0 Å². The number of pyridine rings is 1. The number of carbonyl (C=O) groups is 1. The molecule has 3 aromatic rings. The summed E-state index contributed by atoms with van der Waals surface area (Å²) in [7, 11) is -4.22. The van der Waals surface area contributed by atoms with E-state index in [1.807, 2.05) is 36.4 Å². The van der Waals surface area contributed by atoms with Gasteiger partial charge in [-0.25, -0.2) is 18.4 Å². The van der Waals surface area contributed by atoms with Crippen LogP contribution in [0, 0.1) is 5.82 Å². The first kappa shape index (κ1) is 19.6. The minimum Gasteiger partial charge on any atom is -0.506 e. The van der Waals surface area contributed by atoms with E-state index in [1.54, 1.807) is 17.0 Å². The third-order valence-electron chi connectivity index (χ3n) is 4.52. The Bertz CT molecular complexity index is 1180. The van der Waals surface area contributed by atoms with Gasteiger partial charge in [-0.3, -0.25) is 4.79 Å². The van der Waals surface area contributed by atoms with Gasteiger partial charge < -0.3 is 10.4 Å². The lowest BCUT2D eigenvalue weighted by Crippen LogP contribution is -2.30. The molecule has 0 bridgehead atoms. The van der Waals surface area contributed by atoms with Crippen LogP contribution in [0.15, 0.2) is 60.8 Å². The summed E-state index contributed by atoms with van der Waals surface area (Å²) in [5.41, 5.74) is 1.79. The highest BCUT2D eigenvalue weighted by molar-refractivity contribution is 7.92. The first-order chi connectivity index (χ1) is 14.3. The number of rotatable bonds is 5. The molecule has 1 aliphatic rings. The number of carbonyl (C=O) groups excluding carboxylic acids is 1. The number of hydrogen-bond acceptors (Lipinski definition) is 6. The van der Waals surface area contributed by atoms with E-state index in [0.717, 1.165) is 17.2 Å². The Morgan fingerprint density at radius 2 is 1.90 bits per heavy atom. The van der Waals surface area contributed by atoms with E-state index in [1.165, 1.54) is 6.07 Å². The van der Waals surface area contributed by atoms with Crippen LogP contribution in [0.2, 0.25) is 0 Å². The standard InChI is InChI=1S/C20H17FN4O4S/c21-16-8-13(9-17(26)20(16)25-12-19(27)24-30(25,28)29)10-22-18-7-6-15(11-23-18)14-4-2-1-3-5-14/h1-9,11,26H,10,12H2,(H,22,23)(H,24,27). The molecule has 10 heteroatoms. The maximum Gasteiger partial charge on any atom is 0.326 e. The molecule has 1 aromatic heterocycles. The second-order valence-electron chi connectivity index (χ2n) is 6.63. The smallest absolute Gasteiger partial charge is 0.326 e. The predicted molar refractivity (Wildman–Crippen MR) is 109 cm³/mol. The average Bonchev–Trinajstić information content (AvgIpc) is 2.99. The number of benzene rings is 2. The van der Waals surface area contributed by atoms with Gasteiger partial charge in [-0.2, -0.15) is 8.42 Å². The molecule has 3 N–H and O–H groups in total. The monoisotopic (exact) mass is 428 g/mol. The molecule has 8 nitrogen and oxygen atoms in total. The normalized spacial score (nSPS) is 15.1. The summed E-state index contributed by atoms with van der Waals surface area (Å²) >= 11 is 0. The van der Waals surface area contributed by atoms with Crippen LogP contribution in [0.4, 0.5) is 15.9 Å². The van der Waals surface area contributed by atoms with E-state index in [4.69, 9.17) is 0 Å². The van der Waals surface area contributed by atoms with Crippen molar-refractivity contribution in [1.29, 1.82) is 0 Å². The zero-order chi connectivity index (χ0) is 21.3. The van der Waals surface area contributed by atoms with Crippen LogP contribution >= 0.6 is 0 Å². The van der Waals surface area contributed by atoms with Crippen molar-refractivity contribution in [3.8, 4) is 16.9 Å². The van der Waals surface area contributed by atoms with Gasteiger partial charge in [0.05, 0.1) is 0 Å². The van der Waals surface area contributed by atoms with E-state index in [-0.39, 0.29) is 6.54 Å². The quantitative estimate of drug-likeness (QED) is 0.575. The highest BCUT2D eigenvalue weighted by Crippen LogP contribution is 2.34. The number of aromatic nitrogens is 1. The van der Waals surface area contributed by atoms with Gasteiger partial charge in [-0.15, -0.1) is 0 Å². The van der Waals surface area contributed by atoms with E-state index in [0.29, 0.717) is 15.7 Å². The Labute approximate surface area is 172 Å². The number of nitrogens with zero attached hydrogens (tertiary/aromatic N) is 2. The predicted octanol–water partition coefficient (Wildman–Crippen LogP) is 2.39. The van der Waals surface area contributed by atoms with Crippen molar-refractivity contribution >= 4 is 27.6 Å². The molecule has 0 atom stereocenters. The molecule has 0 unspecified atom stereocenters. The SMILES string of the molecule is O=C1CN(c2c(O)cc(CNc3ccc(-c4ccccc4)cn3)cc2F)S(=O)(=O)N1. The fourth-order valence-electron chi connectivity index (χ4n) is 3.13. The largest absolute Gasteiger partial charge is 0.506 e. The maximum absolute atomic E-state index is 14.6. The van der Waals surface area contributed by atoms with Gasteiger partial charge >= 0.3 is 10.2 Å². The van der Waals surface area contributed by atoms with E-state index < -0.39 is 39.9 Å². The van der Waals surface area contributed by atoms with Crippen molar-refractivity contribution < 1.29 is 22.7 Å². The zero-order valence-corrected chi connectivity index (χ0v) is 16.4. The number of hydrogen-bond donors (Lipinski definition) is 3. The van der Waals surface area contributed by atoms with Crippen molar-refractivity contribution in [1.82, 2.24) is 9.71 Å². The number of amides is 1. The molecule has 0 radical (unpaired) electrons. The van der Waals surface area contributed by atoms with Crippen molar-refractivity contribution in [3.05, 3.63) is 72.2 Å².